The molecule has 0 radical (unpaired) electrons. The van der Waals surface area contributed by atoms with Crippen LogP contribution in [-0.4, -0.2) is 35.4 Å². The highest BCUT2D eigenvalue weighted by Crippen LogP contribution is 2.32. The maximum absolute atomic E-state index is 10.2. The lowest BCUT2D eigenvalue weighted by Crippen LogP contribution is -2.29. The van der Waals surface area contributed by atoms with Gasteiger partial charge in [0.2, 0.25) is 0 Å². The highest BCUT2D eigenvalue weighted by atomic mass is 16.3. The molecule has 1 aromatic carbocycles. The summed E-state index contributed by atoms with van der Waals surface area (Å²) in [6.45, 7) is 8.44. The Bertz CT molecular complexity index is 460. The number of aromatic hydroxyl groups is 1. The van der Waals surface area contributed by atoms with Crippen molar-refractivity contribution in [2.75, 3.05) is 24.5 Å². The molecule has 0 bridgehead atoms. The van der Waals surface area contributed by atoms with Crippen LogP contribution in [0.2, 0.25) is 0 Å². The normalized spacial score (nSPS) is 24.1. The standard InChI is InChI=1S/C16H26N2O2/c1-4-8-17-12(2)14-6-5-13(10-15(14)19)18-9-7-16(3,20)11-18/h5-6,10,12,17,19-20H,4,7-9,11H2,1-3H3. The van der Waals surface area contributed by atoms with E-state index in [-0.39, 0.29) is 6.04 Å². The zero-order chi connectivity index (χ0) is 14.8. The first-order valence-corrected chi connectivity index (χ1v) is 7.46. The monoisotopic (exact) mass is 278 g/mol. The second-order valence-corrected chi connectivity index (χ2v) is 6.09. The van der Waals surface area contributed by atoms with Gasteiger partial charge in [0.1, 0.15) is 5.75 Å². The zero-order valence-corrected chi connectivity index (χ0v) is 12.7. The van der Waals surface area contributed by atoms with Gasteiger partial charge in [-0.05, 0) is 39.3 Å². The van der Waals surface area contributed by atoms with E-state index in [1.54, 1.807) is 6.07 Å². The lowest BCUT2D eigenvalue weighted by Gasteiger charge is -2.22. The van der Waals surface area contributed by atoms with Gasteiger partial charge < -0.3 is 20.4 Å². The number of hydrogen-bond donors (Lipinski definition) is 3. The minimum Gasteiger partial charge on any atom is -0.508 e. The molecule has 1 heterocycles. The number of nitrogens with zero attached hydrogens (tertiary/aromatic N) is 1. The average Bonchev–Trinajstić information content (AvgIpc) is 2.76. The maximum Gasteiger partial charge on any atom is 0.122 e. The largest absolute Gasteiger partial charge is 0.508 e. The summed E-state index contributed by atoms with van der Waals surface area (Å²) in [6.07, 6.45) is 1.84. The van der Waals surface area contributed by atoms with E-state index < -0.39 is 5.60 Å². The van der Waals surface area contributed by atoms with Crippen molar-refractivity contribution in [1.82, 2.24) is 5.32 Å². The van der Waals surface area contributed by atoms with Gasteiger partial charge in [-0.2, -0.15) is 0 Å². The first-order chi connectivity index (χ1) is 9.43. The topological polar surface area (TPSA) is 55.7 Å². The summed E-state index contributed by atoms with van der Waals surface area (Å²) in [5.74, 6) is 0.324. The van der Waals surface area contributed by atoms with Crippen molar-refractivity contribution in [1.29, 1.82) is 0 Å². The number of aliphatic hydroxyl groups is 1. The lowest BCUT2D eigenvalue weighted by molar-refractivity contribution is 0.0839. The van der Waals surface area contributed by atoms with Crippen molar-refractivity contribution in [3.8, 4) is 5.75 Å². The Hall–Kier alpha value is -1.26. The molecule has 0 aromatic heterocycles. The van der Waals surface area contributed by atoms with Crippen LogP contribution in [0.5, 0.6) is 5.75 Å². The zero-order valence-electron chi connectivity index (χ0n) is 12.7. The van der Waals surface area contributed by atoms with E-state index in [9.17, 15) is 10.2 Å². The molecule has 0 amide bonds. The van der Waals surface area contributed by atoms with Gasteiger partial charge >= 0.3 is 0 Å². The predicted molar refractivity (Wildman–Crippen MR) is 82.3 cm³/mol. The molecular weight excluding hydrogens is 252 g/mol. The number of phenols is 1. The van der Waals surface area contributed by atoms with Gasteiger partial charge in [-0.15, -0.1) is 0 Å². The van der Waals surface area contributed by atoms with Crippen LogP contribution >= 0.6 is 0 Å². The van der Waals surface area contributed by atoms with Crippen LogP contribution in [0.1, 0.15) is 45.2 Å². The summed E-state index contributed by atoms with van der Waals surface area (Å²) >= 11 is 0. The van der Waals surface area contributed by atoms with E-state index in [2.05, 4.69) is 24.1 Å². The van der Waals surface area contributed by atoms with Crippen LogP contribution in [0, 0.1) is 0 Å². The molecule has 4 nitrogen and oxygen atoms in total. The second kappa shape index (κ2) is 6.02. The number of phenolic OH excluding ortho intramolecular Hbond substituents is 1. The molecule has 2 unspecified atom stereocenters. The highest BCUT2D eigenvalue weighted by Gasteiger charge is 2.31. The lowest BCUT2D eigenvalue weighted by atomic mass is 10.1. The number of anilines is 1. The van der Waals surface area contributed by atoms with Crippen molar-refractivity contribution in [2.24, 2.45) is 0 Å². The van der Waals surface area contributed by atoms with E-state index in [4.69, 9.17) is 0 Å². The van der Waals surface area contributed by atoms with Crippen molar-refractivity contribution >= 4 is 5.69 Å². The maximum atomic E-state index is 10.2. The van der Waals surface area contributed by atoms with E-state index in [0.29, 0.717) is 12.3 Å². The molecule has 1 aliphatic heterocycles. The van der Waals surface area contributed by atoms with Crippen molar-refractivity contribution in [2.45, 2.75) is 45.3 Å². The average molecular weight is 278 g/mol. The minimum atomic E-state index is -0.621. The van der Waals surface area contributed by atoms with Crippen LogP contribution < -0.4 is 10.2 Å². The summed E-state index contributed by atoms with van der Waals surface area (Å²) < 4.78 is 0. The second-order valence-electron chi connectivity index (χ2n) is 6.09. The summed E-state index contributed by atoms with van der Waals surface area (Å²) in [5, 5.41) is 23.6. The first-order valence-electron chi connectivity index (χ1n) is 7.46. The molecule has 1 saturated heterocycles. The molecular formula is C16H26N2O2. The quantitative estimate of drug-likeness (QED) is 0.774. The smallest absolute Gasteiger partial charge is 0.122 e. The van der Waals surface area contributed by atoms with E-state index >= 15 is 0 Å². The Morgan fingerprint density at radius 1 is 1.45 bits per heavy atom. The Morgan fingerprint density at radius 3 is 2.75 bits per heavy atom. The van der Waals surface area contributed by atoms with Crippen molar-refractivity contribution in [3.05, 3.63) is 23.8 Å². The van der Waals surface area contributed by atoms with E-state index in [1.165, 1.54) is 0 Å². The number of benzene rings is 1. The number of nitrogens with one attached hydrogen (secondary N) is 1. The molecule has 0 saturated carbocycles. The molecule has 2 rings (SSSR count). The molecule has 4 heteroatoms. The molecule has 2 atom stereocenters. The molecule has 1 fully saturated rings. The Morgan fingerprint density at radius 2 is 2.20 bits per heavy atom. The summed E-state index contributed by atoms with van der Waals surface area (Å²) in [6, 6.07) is 5.96. The van der Waals surface area contributed by atoms with Gasteiger partial charge in [0.25, 0.3) is 0 Å². The van der Waals surface area contributed by atoms with Crippen LogP contribution in [0.3, 0.4) is 0 Å². The van der Waals surface area contributed by atoms with Gasteiger partial charge in [-0.1, -0.05) is 13.0 Å². The Kier molecular flexibility index (Phi) is 4.55. The van der Waals surface area contributed by atoms with Gasteiger partial charge in [0.05, 0.1) is 5.60 Å². The van der Waals surface area contributed by atoms with Crippen LogP contribution in [-0.2, 0) is 0 Å². The molecule has 1 aromatic rings. The first kappa shape index (κ1) is 15.1. The third-order valence-electron chi connectivity index (χ3n) is 4.00. The third-order valence-corrected chi connectivity index (χ3v) is 4.00. The molecule has 20 heavy (non-hydrogen) atoms. The number of β-amino-alcohol motifs (C(OH)–C–C–N with tert-alkyl or cyclic N) is 1. The fraction of sp³-hybridized carbons (Fsp3) is 0.625. The van der Waals surface area contributed by atoms with Crippen LogP contribution in [0.15, 0.2) is 18.2 Å². The third kappa shape index (κ3) is 3.44. The Labute approximate surface area is 121 Å². The molecule has 1 aliphatic rings. The van der Waals surface area contributed by atoms with Crippen LogP contribution in [0.25, 0.3) is 0 Å². The van der Waals surface area contributed by atoms with Gasteiger partial charge in [0, 0.05) is 36.4 Å². The van der Waals surface area contributed by atoms with Crippen LogP contribution in [0.4, 0.5) is 5.69 Å². The van der Waals surface area contributed by atoms with E-state index in [0.717, 1.165) is 37.2 Å². The molecule has 112 valence electrons. The van der Waals surface area contributed by atoms with Gasteiger partial charge in [-0.25, -0.2) is 0 Å². The summed E-state index contributed by atoms with van der Waals surface area (Å²) in [5.41, 5.74) is 1.28. The van der Waals surface area contributed by atoms with Crippen molar-refractivity contribution in [3.63, 3.8) is 0 Å². The van der Waals surface area contributed by atoms with Crippen molar-refractivity contribution < 1.29 is 10.2 Å². The number of hydrogen-bond acceptors (Lipinski definition) is 4. The Balaban J connectivity index is 2.10. The summed E-state index contributed by atoms with van der Waals surface area (Å²) in [4.78, 5) is 2.12. The predicted octanol–water partition coefficient (Wildman–Crippen LogP) is 2.41. The minimum absolute atomic E-state index is 0.144. The molecule has 0 aliphatic carbocycles. The molecule has 3 N–H and O–H groups in total. The molecule has 0 spiro atoms. The fourth-order valence-corrected chi connectivity index (χ4v) is 2.73. The SMILES string of the molecule is CCCNC(C)c1ccc(N2CCC(C)(O)C2)cc1O. The summed E-state index contributed by atoms with van der Waals surface area (Å²) in [7, 11) is 0. The van der Waals surface area contributed by atoms with Gasteiger partial charge in [0.15, 0.2) is 0 Å². The highest BCUT2D eigenvalue weighted by molar-refractivity contribution is 5.55. The van der Waals surface area contributed by atoms with Gasteiger partial charge in [-0.3, -0.25) is 0 Å². The van der Waals surface area contributed by atoms with E-state index in [1.807, 2.05) is 19.1 Å². The number of rotatable bonds is 5. The fourth-order valence-electron chi connectivity index (χ4n) is 2.73.